The van der Waals surface area contributed by atoms with E-state index in [2.05, 4.69) is 22.5 Å². The number of carbonyl (C=O) groups excluding carboxylic acids is 1. The van der Waals surface area contributed by atoms with Gasteiger partial charge in [-0.3, -0.25) is 4.79 Å². The third-order valence-electron chi connectivity index (χ3n) is 5.98. The fraction of sp³-hybridized carbons (Fsp3) is 0.478. The van der Waals surface area contributed by atoms with Crippen LogP contribution in [0.5, 0.6) is 0 Å². The molecule has 2 fully saturated rings. The van der Waals surface area contributed by atoms with Crippen LogP contribution in [-0.4, -0.2) is 36.4 Å². The van der Waals surface area contributed by atoms with Crippen LogP contribution in [0.2, 0.25) is 0 Å². The number of rotatable bonds is 5. The number of fused-ring (bicyclic) bond motifs is 1. The molecule has 2 N–H and O–H groups in total. The predicted molar refractivity (Wildman–Crippen MR) is 130 cm³/mol. The maximum atomic E-state index is 12.1. The fourth-order valence-corrected chi connectivity index (χ4v) is 4.46. The van der Waals surface area contributed by atoms with Crippen LogP contribution < -0.4 is 10.6 Å². The molecule has 6 nitrogen and oxygen atoms in total. The average Bonchev–Trinajstić information content (AvgIpc) is 3.42. The van der Waals surface area contributed by atoms with Crippen molar-refractivity contribution in [1.82, 2.24) is 10.2 Å². The topological polar surface area (TPSA) is 69.9 Å². The third kappa shape index (κ3) is 5.56. The minimum absolute atomic E-state index is 0. The summed E-state index contributed by atoms with van der Waals surface area (Å²) in [5.41, 5.74) is 1.86. The maximum Gasteiger partial charge on any atom is 0.291 e. The van der Waals surface area contributed by atoms with Crippen LogP contribution in [-0.2, 0) is 6.54 Å². The summed E-state index contributed by atoms with van der Waals surface area (Å²) >= 11 is 0. The van der Waals surface area contributed by atoms with Gasteiger partial charge in [0.2, 0.25) is 0 Å². The smallest absolute Gasteiger partial charge is 0.291 e. The van der Waals surface area contributed by atoms with Crippen molar-refractivity contribution in [2.75, 3.05) is 25.0 Å². The molecule has 0 bridgehead atoms. The zero-order chi connectivity index (χ0) is 20.1. The second-order valence-electron chi connectivity index (χ2n) is 8.01. The van der Waals surface area contributed by atoms with Crippen LogP contribution in [0.4, 0.5) is 5.69 Å². The zero-order valence-electron chi connectivity index (χ0n) is 17.5. The molecular formula is C23H31IN4O2. The van der Waals surface area contributed by atoms with Crippen molar-refractivity contribution in [2.45, 2.75) is 39.2 Å². The first kappa shape index (κ1) is 22.7. The molecule has 1 aromatic heterocycles. The number of nitrogens with one attached hydrogen (secondary N) is 2. The maximum absolute atomic E-state index is 12.1. The molecule has 7 heteroatoms. The summed E-state index contributed by atoms with van der Waals surface area (Å²) < 4.78 is 5.12. The van der Waals surface area contributed by atoms with Gasteiger partial charge in [0.1, 0.15) is 0 Å². The summed E-state index contributed by atoms with van der Waals surface area (Å²) in [6.07, 6.45) is 6.99. The fourth-order valence-electron chi connectivity index (χ4n) is 4.46. The summed E-state index contributed by atoms with van der Waals surface area (Å²) in [4.78, 5) is 19.4. The molecule has 4 rings (SSSR count). The van der Waals surface area contributed by atoms with Gasteiger partial charge in [-0.15, -0.1) is 24.0 Å². The number of nitrogens with zero attached hydrogens (tertiary/aromatic N) is 2. The van der Waals surface area contributed by atoms with E-state index in [0.29, 0.717) is 12.3 Å². The number of likely N-dealkylation sites (tertiary alicyclic amines) is 1. The van der Waals surface area contributed by atoms with Gasteiger partial charge in [0.25, 0.3) is 5.91 Å². The molecule has 0 spiro atoms. The molecule has 2 aliphatic rings. The Hall–Kier alpha value is -2.03. The van der Waals surface area contributed by atoms with Gasteiger partial charge in [-0.2, -0.15) is 0 Å². The second-order valence-corrected chi connectivity index (χ2v) is 8.01. The number of carbonyl (C=O) groups is 1. The van der Waals surface area contributed by atoms with E-state index < -0.39 is 0 Å². The number of anilines is 1. The lowest BCUT2D eigenvalue weighted by Crippen LogP contribution is -2.40. The molecule has 1 amide bonds. The first-order valence-corrected chi connectivity index (χ1v) is 10.7. The second kappa shape index (κ2) is 10.8. The zero-order valence-corrected chi connectivity index (χ0v) is 19.8. The van der Waals surface area contributed by atoms with E-state index in [9.17, 15) is 4.79 Å². The largest absolute Gasteiger partial charge is 0.459 e. The molecule has 162 valence electrons. The monoisotopic (exact) mass is 522 g/mol. The molecule has 1 aromatic carbocycles. The predicted octanol–water partition coefficient (Wildman–Crippen LogP) is 4.74. The number of benzene rings is 1. The lowest BCUT2D eigenvalue weighted by atomic mass is 9.82. The molecule has 2 unspecified atom stereocenters. The Morgan fingerprint density at radius 3 is 2.43 bits per heavy atom. The Balaban J connectivity index is 0.00000256. The lowest BCUT2D eigenvalue weighted by molar-refractivity contribution is 0.0996. The van der Waals surface area contributed by atoms with E-state index in [1.807, 2.05) is 24.3 Å². The van der Waals surface area contributed by atoms with Crippen LogP contribution in [0.3, 0.4) is 0 Å². The number of aliphatic imine (C=N–C) groups is 1. The number of hydrogen-bond donors (Lipinski definition) is 2. The van der Waals surface area contributed by atoms with Crippen molar-refractivity contribution in [3.05, 3.63) is 54.0 Å². The van der Waals surface area contributed by atoms with Crippen LogP contribution in [0.25, 0.3) is 0 Å². The van der Waals surface area contributed by atoms with Crippen molar-refractivity contribution >= 4 is 41.5 Å². The van der Waals surface area contributed by atoms with E-state index in [1.165, 1.54) is 31.9 Å². The number of guanidine groups is 1. The Labute approximate surface area is 195 Å². The van der Waals surface area contributed by atoms with Gasteiger partial charge < -0.3 is 20.0 Å². The van der Waals surface area contributed by atoms with Gasteiger partial charge in [-0.25, -0.2) is 4.99 Å². The van der Waals surface area contributed by atoms with Gasteiger partial charge in [0, 0.05) is 25.3 Å². The van der Waals surface area contributed by atoms with Crippen molar-refractivity contribution in [2.24, 2.45) is 16.8 Å². The summed E-state index contributed by atoms with van der Waals surface area (Å²) in [7, 11) is 0. The number of amides is 1. The van der Waals surface area contributed by atoms with Crippen molar-refractivity contribution in [3.63, 3.8) is 0 Å². The highest BCUT2D eigenvalue weighted by molar-refractivity contribution is 14.0. The summed E-state index contributed by atoms with van der Waals surface area (Å²) in [5, 5.41) is 6.31. The summed E-state index contributed by atoms with van der Waals surface area (Å²) in [5.74, 6) is 2.76. The molecule has 1 aliphatic heterocycles. The highest BCUT2D eigenvalue weighted by atomic mass is 127. The lowest BCUT2D eigenvalue weighted by Gasteiger charge is -2.22. The highest BCUT2D eigenvalue weighted by Gasteiger charge is 2.35. The number of hydrogen-bond acceptors (Lipinski definition) is 3. The Morgan fingerprint density at radius 1 is 1.13 bits per heavy atom. The van der Waals surface area contributed by atoms with Gasteiger partial charge in [0.15, 0.2) is 11.7 Å². The molecule has 2 aromatic rings. The van der Waals surface area contributed by atoms with Crippen molar-refractivity contribution < 1.29 is 9.21 Å². The molecule has 2 atom stereocenters. The number of furan rings is 1. The molecule has 2 heterocycles. The Bertz CT molecular complexity index is 821. The van der Waals surface area contributed by atoms with Gasteiger partial charge >= 0.3 is 0 Å². The first-order chi connectivity index (χ1) is 14.2. The van der Waals surface area contributed by atoms with Crippen LogP contribution in [0, 0.1) is 11.8 Å². The minimum atomic E-state index is -0.245. The van der Waals surface area contributed by atoms with E-state index in [1.54, 1.807) is 12.1 Å². The molecule has 1 aliphatic carbocycles. The molecule has 30 heavy (non-hydrogen) atoms. The SMILES string of the molecule is CCNC(=NCc1ccc(NC(=O)c2ccco2)cc1)N1CC2CCCCC2C1.I. The minimum Gasteiger partial charge on any atom is -0.459 e. The van der Waals surface area contributed by atoms with Crippen molar-refractivity contribution in [3.8, 4) is 0 Å². The molecule has 0 radical (unpaired) electrons. The van der Waals surface area contributed by atoms with Gasteiger partial charge in [-0.05, 0) is 61.4 Å². The van der Waals surface area contributed by atoms with Gasteiger partial charge in [0.05, 0.1) is 12.8 Å². The normalized spacial score (nSPS) is 21.0. The van der Waals surface area contributed by atoms with Crippen molar-refractivity contribution in [1.29, 1.82) is 0 Å². The van der Waals surface area contributed by atoms with Crippen LogP contribution in [0.15, 0.2) is 52.1 Å². The van der Waals surface area contributed by atoms with E-state index in [4.69, 9.17) is 9.41 Å². The summed E-state index contributed by atoms with van der Waals surface area (Å²) in [6, 6.07) is 11.2. The Morgan fingerprint density at radius 2 is 1.83 bits per heavy atom. The van der Waals surface area contributed by atoms with E-state index in [-0.39, 0.29) is 29.9 Å². The molecule has 1 saturated carbocycles. The quantitative estimate of drug-likeness (QED) is 0.338. The van der Waals surface area contributed by atoms with Gasteiger partial charge in [-0.1, -0.05) is 25.0 Å². The van der Waals surface area contributed by atoms with Crippen LogP contribution >= 0.6 is 24.0 Å². The third-order valence-corrected chi connectivity index (χ3v) is 5.98. The Kier molecular flexibility index (Phi) is 8.18. The standard InChI is InChI=1S/C23H30N4O2.HI/c1-2-24-23(27-15-18-6-3-4-7-19(18)16-27)25-14-17-9-11-20(12-10-17)26-22(28)21-8-5-13-29-21;/h5,8-13,18-19H,2-4,6-7,14-16H2,1H3,(H,24,25)(H,26,28);1H. The number of halogens is 1. The first-order valence-electron chi connectivity index (χ1n) is 10.7. The summed E-state index contributed by atoms with van der Waals surface area (Å²) in [6.45, 7) is 5.89. The van der Waals surface area contributed by atoms with E-state index in [0.717, 1.165) is 48.7 Å². The highest BCUT2D eigenvalue weighted by Crippen LogP contribution is 2.36. The van der Waals surface area contributed by atoms with Crippen LogP contribution in [0.1, 0.15) is 48.7 Å². The molecule has 1 saturated heterocycles. The average molecular weight is 522 g/mol. The van der Waals surface area contributed by atoms with E-state index >= 15 is 0 Å². The molecular weight excluding hydrogens is 491 g/mol.